The van der Waals surface area contributed by atoms with Gasteiger partial charge in [0.25, 0.3) is 0 Å². The molecule has 0 spiro atoms. The molecular formula is C37H54O4. The van der Waals surface area contributed by atoms with E-state index in [2.05, 4.69) is 38.1 Å². The predicted octanol–water partition coefficient (Wildman–Crippen LogP) is 9.77. The highest BCUT2D eigenvalue weighted by Gasteiger charge is 2.23. The Morgan fingerprint density at radius 3 is 1.93 bits per heavy atom. The van der Waals surface area contributed by atoms with Gasteiger partial charge in [-0.2, -0.15) is 0 Å². The van der Waals surface area contributed by atoms with Crippen molar-refractivity contribution in [3.05, 3.63) is 67.4 Å². The lowest BCUT2D eigenvalue weighted by Gasteiger charge is -2.29. The molecule has 2 fully saturated rings. The first-order valence-corrected chi connectivity index (χ1v) is 16.5. The molecule has 0 amide bonds. The fourth-order valence-corrected chi connectivity index (χ4v) is 6.37. The van der Waals surface area contributed by atoms with Crippen molar-refractivity contribution in [2.75, 3.05) is 26.4 Å². The third-order valence-corrected chi connectivity index (χ3v) is 9.02. The molecule has 0 unspecified atom stereocenters. The molecular weight excluding hydrogens is 508 g/mol. The summed E-state index contributed by atoms with van der Waals surface area (Å²) in [6, 6.07) is 16.9. The lowest BCUT2D eigenvalue weighted by molar-refractivity contribution is 0.00817. The number of unbranched alkanes of at least 4 members (excludes halogenated alkanes) is 3. The number of hydrogen-bond acceptors (Lipinski definition) is 4. The zero-order chi connectivity index (χ0) is 28.5. The minimum Gasteiger partial charge on any atom is -0.496 e. The molecule has 2 aliphatic rings. The lowest BCUT2D eigenvalue weighted by atomic mass is 9.77. The molecule has 4 rings (SSSR count). The van der Waals surface area contributed by atoms with Crippen LogP contribution in [0.15, 0.2) is 48.5 Å². The summed E-state index contributed by atoms with van der Waals surface area (Å²) in [7, 11) is 0. The minimum atomic E-state index is 0.374. The molecule has 2 aliphatic carbocycles. The molecule has 0 saturated heterocycles. The normalized spacial score (nSPS) is 22.8. The topological polar surface area (TPSA) is 36.9 Å². The molecule has 41 heavy (non-hydrogen) atoms. The van der Waals surface area contributed by atoms with E-state index in [4.69, 9.17) is 18.9 Å². The zero-order valence-corrected chi connectivity index (χ0v) is 25.6. The molecule has 0 N–H and O–H groups in total. The first-order chi connectivity index (χ1) is 20.2. The van der Waals surface area contributed by atoms with Gasteiger partial charge in [0.05, 0.1) is 32.5 Å². The van der Waals surface area contributed by atoms with Crippen LogP contribution < -0.4 is 14.2 Å². The second kappa shape index (κ2) is 18.3. The van der Waals surface area contributed by atoms with E-state index in [1.165, 1.54) is 56.9 Å². The van der Waals surface area contributed by atoms with Gasteiger partial charge in [0, 0.05) is 6.42 Å². The van der Waals surface area contributed by atoms with E-state index < -0.39 is 0 Å². The maximum atomic E-state index is 6.18. The van der Waals surface area contributed by atoms with Crippen molar-refractivity contribution in [3.63, 3.8) is 0 Å². The molecule has 2 aromatic rings. The van der Waals surface area contributed by atoms with Gasteiger partial charge in [0.15, 0.2) is 0 Å². The van der Waals surface area contributed by atoms with Crippen LogP contribution in [-0.2, 0) is 4.74 Å². The Morgan fingerprint density at radius 2 is 1.27 bits per heavy atom. The van der Waals surface area contributed by atoms with Crippen molar-refractivity contribution in [2.45, 2.75) is 109 Å². The number of ether oxygens (including phenoxy) is 4. The molecule has 0 aliphatic heterocycles. The van der Waals surface area contributed by atoms with E-state index in [9.17, 15) is 0 Å². The summed E-state index contributed by atoms with van der Waals surface area (Å²) >= 11 is 0. The van der Waals surface area contributed by atoms with Crippen molar-refractivity contribution in [1.29, 1.82) is 0 Å². The molecule has 0 radical (unpaired) electrons. The average Bonchev–Trinajstić information content (AvgIpc) is 3.02. The Labute approximate surface area is 250 Å². The Morgan fingerprint density at radius 1 is 0.659 bits per heavy atom. The van der Waals surface area contributed by atoms with E-state index in [1.807, 2.05) is 30.7 Å². The molecule has 0 bridgehead atoms. The minimum absolute atomic E-state index is 0.374. The van der Waals surface area contributed by atoms with Crippen LogP contribution in [-0.4, -0.2) is 32.5 Å². The predicted molar refractivity (Wildman–Crippen MR) is 169 cm³/mol. The largest absolute Gasteiger partial charge is 0.496 e. The van der Waals surface area contributed by atoms with Crippen LogP contribution in [0.3, 0.4) is 0 Å². The molecule has 0 atom stereocenters. The highest BCUT2D eigenvalue weighted by Crippen LogP contribution is 2.38. The fraction of sp³-hybridized carbons (Fsp3) is 0.622. The van der Waals surface area contributed by atoms with Crippen LogP contribution in [0.5, 0.6) is 17.2 Å². The second-order valence-electron chi connectivity index (χ2n) is 12.2. The van der Waals surface area contributed by atoms with Gasteiger partial charge in [-0.05, 0) is 111 Å². The second-order valence-corrected chi connectivity index (χ2v) is 12.2. The van der Waals surface area contributed by atoms with Gasteiger partial charge in [0.2, 0.25) is 0 Å². The Kier molecular flexibility index (Phi) is 14.1. The van der Waals surface area contributed by atoms with Crippen molar-refractivity contribution >= 4 is 0 Å². The molecule has 4 heteroatoms. The molecule has 2 aromatic carbocycles. The van der Waals surface area contributed by atoms with E-state index in [1.54, 1.807) is 0 Å². The summed E-state index contributed by atoms with van der Waals surface area (Å²) in [5, 5.41) is 0. The van der Waals surface area contributed by atoms with E-state index in [0.29, 0.717) is 25.2 Å². The van der Waals surface area contributed by atoms with E-state index in [0.717, 1.165) is 80.8 Å². The fourth-order valence-electron chi connectivity index (χ4n) is 6.37. The Bertz CT molecular complexity index is 924. The average molecular weight is 563 g/mol. The highest BCUT2D eigenvalue weighted by molar-refractivity contribution is 5.31. The van der Waals surface area contributed by atoms with Crippen LogP contribution in [0, 0.1) is 25.2 Å². The van der Waals surface area contributed by atoms with Crippen LogP contribution in [0.1, 0.15) is 108 Å². The monoisotopic (exact) mass is 562 g/mol. The Balaban J connectivity index is 1.02. The van der Waals surface area contributed by atoms with Crippen LogP contribution in [0.2, 0.25) is 0 Å². The van der Waals surface area contributed by atoms with Gasteiger partial charge in [-0.25, -0.2) is 0 Å². The molecule has 2 saturated carbocycles. The van der Waals surface area contributed by atoms with Crippen LogP contribution >= 0.6 is 0 Å². The summed E-state index contributed by atoms with van der Waals surface area (Å²) in [6.07, 6.45) is 19.7. The van der Waals surface area contributed by atoms with Gasteiger partial charge in [-0.1, -0.05) is 51.7 Å². The summed E-state index contributed by atoms with van der Waals surface area (Å²) < 4.78 is 23.9. The van der Waals surface area contributed by atoms with Crippen LogP contribution in [0.25, 0.3) is 0 Å². The van der Waals surface area contributed by atoms with Crippen molar-refractivity contribution in [1.82, 2.24) is 0 Å². The highest BCUT2D eigenvalue weighted by atomic mass is 16.5. The van der Waals surface area contributed by atoms with Crippen LogP contribution in [0.4, 0.5) is 0 Å². The first-order valence-electron chi connectivity index (χ1n) is 16.5. The van der Waals surface area contributed by atoms with Gasteiger partial charge < -0.3 is 18.9 Å². The van der Waals surface area contributed by atoms with Crippen molar-refractivity contribution in [3.8, 4) is 17.2 Å². The maximum Gasteiger partial charge on any atom is 0.119 e. The molecule has 226 valence electrons. The standard InChI is InChI=1S/C37H54O4/c1-3-5-7-9-30-10-14-32(15-11-30)33-16-20-35(21-17-33)40-28-8-27-39-34-18-12-31(13-19-34)29-41-37-24-22-36(23-25-37)38-26-6-4-2/h4,16-17,20-25,30-32,34H,2-3,5-15,18-19,26-29H2,1H3. The maximum absolute atomic E-state index is 6.18. The van der Waals surface area contributed by atoms with Gasteiger partial charge in [-0.15, -0.1) is 12.8 Å². The van der Waals surface area contributed by atoms with Gasteiger partial charge >= 0.3 is 0 Å². The summed E-state index contributed by atoms with van der Waals surface area (Å²) in [5.74, 6) is 5.08. The van der Waals surface area contributed by atoms with Crippen molar-refractivity contribution < 1.29 is 18.9 Å². The number of benzene rings is 2. The molecule has 0 heterocycles. The molecule has 0 aromatic heterocycles. The molecule has 4 nitrogen and oxygen atoms in total. The third-order valence-electron chi connectivity index (χ3n) is 9.02. The summed E-state index contributed by atoms with van der Waals surface area (Å²) in [6.45, 7) is 8.94. The third kappa shape index (κ3) is 11.5. The number of rotatable bonds is 18. The zero-order valence-electron chi connectivity index (χ0n) is 25.6. The number of hydrogen-bond donors (Lipinski definition) is 0. The summed E-state index contributed by atoms with van der Waals surface area (Å²) in [4.78, 5) is 0. The van der Waals surface area contributed by atoms with Gasteiger partial charge in [0.1, 0.15) is 17.2 Å². The lowest BCUT2D eigenvalue weighted by Crippen LogP contribution is -2.25. The quantitative estimate of drug-likeness (QED) is 0.134. The van der Waals surface area contributed by atoms with E-state index >= 15 is 0 Å². The SMILES string of the molecule is [CH2+][CH-]CCOc1ccc(OCC2CCC(OCCCOc3ccc(C4CCC(CCCCC)CC4)cc3)CC2)cc1. The van der Waals surface area contributed by atoms with E-state index in [-0.39, 0.29) is 0 Å². The van der Waals surface area contributed by atoms with Gasteiger partial charge in [-0.3, -0.25) is 0 Å². The van der Waals surface area contributed by atoms with Crippen molar-refractivity contribution in [2.24, 2.45) is 11.8 Å². The summed E-state index contributed by atoms with van der Waals surface area (Å²) in [5.41, 5.74) is 1.50. The smallest absolute Gasteiger partial charge is 0.119 e. The Hall–Kier alpha value is -2.33. The first kappa shape index (κ1) is 31.6.